The summed E-state index contributed by atoms with van der Waals surface area (Å²) in [5, 5.41) is 1.23. The molecular weight excluding hydrogens is 407 g/mol. The average Bonchev–Trinajstić information content (AvgIpc) is 2.69. The van der Waals surface area contributed by atoms with E-state index in [0.29, 0.717) is 44.5 Å². The molecule has 144 valence electrons. The first-order chi connectivity index (χ1) is 14.1. The number of halogens is 2. The summed E-state index contributed by atoms with van der Waals surface area (Å²) in [6, 6.07) is 29.2. The Morgan fingerprint density at radius 1 is 0.379 bits per heavy atom. The molecule has 4 aromatic carbocycles. The van der Waals surface area contributed by atoms with Crippen molar-refractivity contribution in [1.82, 2.24) is 0 Å². The summed E-state index contributed by atoms with van der Waals surface area (Å²) in [6.45, 7) is 0. The van der Waals surface area contributed by atoms with Crippen LogP contribution >= 0.6 is 23.2 Å². The van der Waals surface area contributed by atoms with E-state index in [2.05, 4.69) is 0 Å². The fraction of sp³-hybridized carbons (Fsp3) is 0. The standard InChI is InChI=1S/C24H16Cl2O3/c25-17-5-1-7-19(13-17)27-21-9-3-11-23(15-21)29-24-12-4-10-22(16-24)28-20-8-2-6-18(26)14-20/h1-16H. The van der Waals surface area contributed by atoms with Crippen molar-refractivity contribution in [2.24, 2.45) is 0 Å². The highest BCUT2D eigenvalue weighted by Gasteiger charge is 2.05. The molecule has 0 N–H and O–H groups in total. The third-order valence-corrected chi connectivity index (χ3v) is 4.38. The van der Waals surface area contributed by atoms with Gasteiger partial charge in [0.05, 0.1) is 0 Å². The quantitative estimate of drug-likeness (QED) is 0.312. The Morgan fingerprint density at radius 3 is 0.966 bits per heavy atom. The number of hydrogen-bond acceptors (Lipinski definition) is 3. The summed E-state index contributed by atoms with van der Waals surface area (Å²) < 4.78 is 17.7. The zero-order valence-corrected chi connectivity index (χ0v) is 16.7. The summed E-state index contributed by atoms with van der Waals surface area (Å²) in [5.74, 6) is 3.90. The van der Waals surface area contributed by atoms with E-state index in [1.165, 1.54) is 0 Å². The molecule has 0 amide bonds. The lowest BCUT2D eigenvalue weighted by molar-refractivity contribution is 0.451. The van der Waals surface area contributed by atoms with Crippen LogP contribution in [0.5, 0.6) is 34.5 Å². The van der Waals surface area contributed by atoms with Gasteiger partial charge in [0.2, 0.25) is 0 Å². The molecule has 0 aromatic heterocycles. The van der Waals surface area contributed by atoms with E-state index in [0.717, 1.165) is 0 Å². The monoisotopic (exact) mass is 422 g/mol. The molecule has 3 nitrogen and oxygen atoms in total. The molecule has 0 bridgehead atoms. The molecule has 4 rings (SSSR count). The third kappa shape index (κ3) is 5.44. The lowest BCUT2D eigenvalue weighted by Crippen LogP contribution is -1.88. The van der Waals surface area contributed by atoms with Crippen molar-refractivity contribution in [3.63, 3.8) is 0 Å². The first kappa shape index (κ1) is 19.2. The molecule has 0 saturated carbocycles. The lowest BCUT2D eigenvalue weighted by Gasteiger charge is -2.11. The molecule has 0 aliphatic heterocycles. The van der Waals surface area contributed by atoms with Crippen LogP contribution in [0.4, 0.5) is 0 Å². The van der Waals surface area contributed by atoms with Crippen molar-refractivity contribution in [1.29, 1.82) is 0 Å². The van der Waals surface area contributed by atoms with Gasteiger partial charge in [-0.15, -0.1) is 0 Å². The maximum atomic E-state index is 6.01. The second kappa shape index (κ2) is 8.91. The normalized spacial score (nSPS) is 10.4. The molecule has 0 aliphatic carbocycles. The molecule has 5 heteroatoms. The van der Waals surface area contributed by atoms with Crippen LogP contribution in [-0.4, -0.2) is 0 Å². The predicted molar refractivity (Wildman–Crippen MR) is 116 cm³/mol. The van der Waals surface area contributed by atoms with Gasteiger partial charge < -0.3 is 14.2 Å². The Kier molecular flexibility index (Phi) is 5.89. The van der Waals surface area contributed by atoms with Gasteiger partial charge in [-0.3, -0.25) is 0 Å². The van der Waals surface area contributed by atoms with Crippen molar-refractivity contribution >= 4 is 23.2 Å². The fourth-order valence-corrected chi connectivity index (χ4v) is 3.03. The Balaban J connectivity index is 1.48. The first-order valence-corrected chi connectivity index (χ1v) is 9.64. The van der Waals surface area contributed by atoms with Crippen molar-refractivity contribution < 1.29 is 14.2 Å². The van der Waals surface area contributed by atoms with Gasteiger partial charge in [-0.05, 0) is 60.7 Å². The van der Waals surface area contributed by atoms with Gasteiger partial charge in [0.1, 0.15) is 34.5 Å². The van der Waals surface area contributed by atoms with Crippen molar-refractivity contribution in [2.75, 3.05) is 0 Å². The fourth-order valence-electron chi connectivity index (χ4n) is 2.67. The van der Waals surface area contributed by atoms with Gasteiger partial charge in [-0.2, -0.15) is 0 Å². The van der Waals surface area contributed by atoms with Crippen molar-refractivity contribution in [2.45, 2.75) is 0 Å². The molecule has 0 radical (unpaired) electrons. The number of rotatable bonds is 6. The maximum absolute atomic E-state index is 6.01. The van der Waals surface area contributed by atoms with Gasteiger partial charge >= 0.3 is 0 Å². The Bertz CT molecular complexity index is 1040. The van der Waals surface area contributed by atoms with Gasteiger partial charge in [0.25, 0.3) is 0 Å². The number of benzene rings is 4. The first-order valence-electron chi connectivity index (χ1n) is 8.89. The molecule has 29 heavy (non-hydrogen) atoms. The molecule has 0 saturated heterocycles. The molecule has 0 unspecified atom stereocenters. The van der Waals surface area contributed by atoms with Crippen LogP contribution in [-0.2, 0) is 0 Å². The molecular formula is C24H16Cl2O3. The molecule has 0 atom stereocenters. The van der Waals surface area contributed by atoms with E-state index in [1.54, 1.807) is 24.3 Å². The van der Waals surface area contributed by atoms with Crippen LogP contribution in [0.3, 0.4) is 0 Å². The number of hydrogen-bond donors (Lipinski definition) is 0. The van der Waals surface area contributed by atoms with Crippen LogP contribution in [0.25, 0.3) is 0 Å². The summed E-state index contributed by atoms with van der Waals surface area (Å²) in [5.41, 5.74) is 0. The van der Waals surface area contributed by atoms with E-state index in [1.807, 2.05) is 72.8 Å². The lowest BCUT2D eigenvalue weighted by atomic mass is 10.3. The maximum Gasteiger partial charge on any atom is 0.131 e. The topological polar surface area (TPSA) is 27.7 Å². The van der Waals surface area contributed by atoms with Crippen LogP contribution in [0.15, 0.2) is 97.1 Å². The van der Waals surface area contributed by atoms with E-state index in [4.69, 9.17) is 37.4 Å². The van der Waals surface area contributed by atoms with Crippen molar-refractivity contribution in [3.8, 4) is 34.5 Å². The van der Waals surface area contributed by atoms with E-state index in [-0.39, 0.29) is 0 Å². The van der Waals surface area contributed by atoms with Crippen LogP contribution in [0.2, 0.25) is 10.0 Å². The minimum atomic E-state index is 0.617. The summed E-state index contributed by atoms with van der Waals surface area (Å²) in [6.07, 6.45) is 0. The average molecular weight is 423 g/mol. The summed E-state index contributed by atoms with van der Waals surface area (Å²) in [7, 11) is 0. The second-order valence-corrected chi connectivity index (χ2v) is 7.04. The smallest absolute Gasteiger partial charge is 0.131 e. The van der Waals surface area contributed by atoms with Gasteiger partial charge in [0, 0.05) is 22.2 Å². The highest BCUT2D eigenvalue weighted by Crippen LogP contribution is 2.32. The SMILES string of the molecule is Clc1cccc(Oc2cccc(Oc3cccc(Oc4cccc(Cl)c4)c3)c2)c1. The predicted octanol–water partition coefficient (Wildman–Crippen LogP) is 8.37. The van der Waals surface area contributed by atoms with Crippen LogP contribution < -0.4 is 14.2 Å². The minimum absolute atomic E-state index is 0.617. The minimum Gasteiger partial charge on any atom is -0.457 e. The zero-order valence-electron chi connectivity index (χ0n) is 15.2. The largest absolute Gasteiger partial charge is 0.457 e. The van der Waals surface area contributed by atoms with Gasteiger partial charge in [-0.25, -0.2) is 0 Å². The van der Waals surface area contributed by atoms with E-state index >= 15 is 0 Å². The van der Waals surface area contributed by atoms with Gasteiger partial charge in [0.15, 0.2) is 0 Å². The Morgan fingerprint density at radius 2 is 0.655 bits per heavy atom. The molecule has 4 aromatic rings. The van der Waals surface area contributed by atoms with Crippen LogP contribution in [0.1, 0.15) is 0 Å². The highest BCUT2D eigenvalue weighted by molar-refractivity contribution is 6.31. The van der Waals surface area contributed by atoms with E-state index in [9.17, 15) is 0 Å². The number of ether oxygens (including phenoxy) is 3. The molecule has 0 fully saturated rings. The summed E-state index contributed by atoms with van der Waals surface area (Å²) in [4.78, 5) is 0. The van der Waals surface area contributed by atoms with E-state index < -0.39 is 0 Å². The highest BCUT2D eigenvalue weighted by atomic mass is 35.5. The molecule has 0 aliphatic rings. The molecule has 0 spiro atoms. The molecule has 0 heterocycles. The van der Waals surface area contributed by atoms with Gasteiger partial charge in [-0.1, -0.05) is 47.5 Å². The zero-order chi connectivity index (χ0) is 20.1. The van der Waals surface area contributed by atoms with Crippen LogP contribution in [0, 0.1) is 0 Å². The van der Waals surface area contributed by atoms with Crippen molar-refractivity contribution in [3.05, 3.63) is 107 Å². The Labute approximate surface area is 179 Å². The second-order valence-electron chi connectivity index (χ2n) is 6.17. The Hall–Kier alpha value is -3.14. The third-order valence-electron chi connectivity index (χ3n) is 3.91. The summed E-state index contributed by atoms with van der Waals surface area (Å²) >= 11 is 12.0.